The molecule has 2 aromatic rings. The van der Waals surface area contributed by atoms with E-state index in [1.54, 1.807) is 55.5 Å². The first-order chi connectivity index (χ1) is 16.3. The van der Waals surface area contributed by atoms with Gasteiger partial charge in [-0.15, -0.1) is 0 Å². The fourth-order valence-electron chi connectivity index (χ4n) is 4.09. The number of ether oxygens (including phenoxy) is 2. The second-order valence-electron chi connectivity index (χ2n) is 7.89. The maximum Gasteiger partial charge on any atom is 0.418 e. The first-order valence-electron chi connectivity index (χ1n) is 10.8. The number of nitrogens with one attached hydrogen (secondary N) is 2. The van der Waals surface area contributed by atoms with E-state index in [0.717, 1.165) is 5.56 Å². The van der Waals surface area contributed by atoms with Crippen molar-refractivity contribution in [3.05, 3.63) is 65.2 Å². The normalized spacial score (nSPS) is 18.4. The van der Waals surface area contributed by atoms with Crippen LogP contribution in [0.3, 0.4) is 0 Å². The Bertz CT molecular complexity index is 1160. The number of benzene rings is 2. The molecule has 4 rings (SSSR count). The van der Waals surface area contributed by atoms with Crippen molar-refractivity contribution in [3.8, 4) is 0 Å². The van der Waals surface area contributed by atoms with Crippen LogP contribution in [0.4, 0.5) is 15.3 Å². The zero-order valence-electron chi connectivity index (χ0n) is 18.5. The smallest absolute Gasteiger partial charge is 0.418 e. The summed E-state index contributed by atoms with van der Waals surface area (Å²) in [6, 6.07) is 12.9. The molecule has 2 aliphatic rings. The molecule has 10 nitrogen and oxygen atoms in total. The van der Waals surface area contributed by atoms with Gasteiger partial charge in [0, 0.05) is 29.8 Å². The number of fused-ring (bicyclic) bond motifs is 2. The van der Waals surface area contributed by atoms with Crippen LogP contribution in [-0.4, -0.2) is 54.4 Å². The minimum Gasteiger partial charge on any atom is -0.456 e. The van der Waals surface area contributed by atoms with E-state index in [4.69, 9.17) is 9.47 Å². The Morgan fingerprint density at radius 2 is 1.88 bits per heavy atom. The number of imide groups is 1. The molecule has 1 aliphatic carbocycles. The number of nitrogens with zero attached hydrogens (tertiary/aromatic N) is 1. The quantitative estimate of drug-likeness (QED) is 0.474. The molecule has 0 saturated carbocycles. The van der Waals surface area contributed by atoms with Crippen LogP contribution in [0.5, 0.6) is 0 Å². The molecule has 176 valence electrons. The van der Waals surface area contributed by atoms with Gasteiger partial charge in [0.25, 0.3) is 5.91 Å². The summed E-state index contributed by atoms with van der Waals surface area (Å²) < 4.78 is 10.5. The SMILES string of the molecule is CCNC(=O)Nc1ccc2c(c1)CC[C@@]21OC(=O)N(CC(=O)OCC(=O)c2ccccc2)C1=O. The number of carbonyl (C=O) groups excluding carboxylic acids is 5. The average molecular weight is 465 g/mol. The fraction of sp³-hybridized carbons (Fsp3) is 0.292. The van der Waals surface area contributed by atoms with Gasteiger partial charge in [-0.3, -0.25) is 14.4 Å². The number of ketones is 1. The number of anilines is 1. The summed E-state index contributed by atoms with van der Waals surface area (Å²) in [7, 11) is 0. The zero-order chi connectivity index (χ0) is 24.3. The van der Waals surface area contributed by atoms with Crippen LogP contribution in [0.25, 0.3) is 0 Å². The second-order valence-corrected chi connectivity index (χ2v) is 7.89. The molecular weight excluding hydrogens is 442 g/mol. The highest BCUT2D eigenvalue weighted by Crippen LogP contribution is 2.45. The number of aryl methyl sites for hydroxylation is 1. The third-order valence-corrected chi connectivity index (χ3v) is 5.70. The Kier molecular flexibility index (Phi) is 6.31. The number of urea groups is 1. The lowest BCUT2D eigenvalue weighted by Gasteiger charge is -2.20. The van der Waals surface area contributed by atoms with E-state index in [1.807, 2.05) is 0 Å². The average Bonchev–Trinajstić information content (AvgIpc) is 3.30. The largest absolute Gasteiger partial charge is 0.456 e. The molecule has 0 unspecified atom stereocenters. The highest BCUT2D eigenvalue weighted by molar-refractivity contribution is 6.06. The van der Waals surface area contributed by atoms with Crippen LogP contribution in [0, 0.1) is 0 Å². The number of Topliss-reactive ketones (excluding diaryl/α,β-unsaturated/α-hetero) is 1. The van der Waals surface area contributed by atoms with Crippen molar-refractivity contribution in [1.82, 2.24) is 10.2 Å². The summed E-state index contributed by atoms with van der Waals surface area (Å²) in [5.74, 6) is -1.96. The number of hydrogen-bond acceptors (Lipinski definition) is 7. The van der Waals surface area contributed by atoms with Gasteiger partial charge in [0.2, 0.25) is 5.60 Å². The molecule has 1 heterocycles. The third kappa shape index (κ3) is 4.34. The van der Waals surface area contributed by atoms with Crippen LogP contribution in [-0.2, 0) is 31.1 Å². The van der Waals surface area contributed by atoms with Gasteiger partial charge in [-0.1, -0.05) is 36.4 Å². The number of rotatable bonds is 7. The molecule has 1 aliphatic heterocycles. The summed E-state index contributed by atoms with van der Waals surface area (Å²) >= 11 is 0. The van der Waals surface area contributed by atoms with E-state index < -0.39 is 42.5 Å². The molecule has 0 aromatic heterocycles. The van der Waals surface area contributed by atoms with Crippen molar-refractivity contribution < 1.29 is 33.4 Å². The van der Waals surface area contributed by atoms with Crippen LogP contribution in [0.1, 0.15) is 34.8 Å². The van der Waals surface area contributed by atoms with Gasteiger partial charge in [-0.2, -0.15) is 0 Å². The lowest BCUT2D eigenvalue weighted by Crippen LogP contribution is -2.40. The highest BCUT2D eigenvalue weighted by atomic mass is 16.6. The van der Waals surface area contributed by atoms with Crippen molar-refractivity contribution >= 4 is 35.5 Å². The molecule has 4 amide bonds. The van der Waals surface area contributed by atoms with Crippen LogP contribution >= 0.6 is 0 Å². The predicted octanol–water partition coefficient (Wildman–Crippen LogP) is 2.37. The van der Waals surface area contributed by atoms with Crippen molar-refractivity contribution in [1.29, 1.82) is 0 Å². The summed E-state index contributed by atoms with van der Waals surface area (Å²) in [5.41, 5.74) is 0.684. The van der Waals surface area contributed by atoms with E-state index in [0.29, 0.717) is 34.7 Å². The Hall–Kier alpha value is -4.21. The number of carbonyl (C=O) groups is 5. The molecule has 1 atom stereocenters. The maximum absolute atomic E-state index is 13.2. The van der Waals surface area contributed by atoms with E-state index in [1.165, 1.54) is 0 Å². The van der Waals surface area contributed by atoms with Crippen molar-refractivity contribution in [3.63, 3.8) is 0 Å². The lowest BCUT2D eigenvalue weighted by atomic mass is 9.94. The first kappa shape index (κ1) is 23.0. The lowest BCUT2D eigenvalue weighted by molar-refractivity contribution is -0.147. The molecule has 34 heavy (non-hydrogen) atoms. The van der Waals surface area contributed by atoms with E-state index in [-0.39, 0.29) is 12.5 Å². The van der Waals surface area contributed by atoms with Crippen LogP contribution in [0.15, 0.2) is 48.5 Å². The van der Waals surface area contributed by atoms with Crippen molar-refractivity contribution in [2.75, 3.05) is 25.0 Å². The fourth-order valence-corrected chi connectivity index (χ4v) is 4.09. The number of hydrogen-bond donors (Lipinski definition) is 2. The van der Waals surface area contributed by atoms with E-state index >= 15 is 0 Å². The summed E-state index contributed by atoms with van der Waals surface area (Å²) in [6.07, 6.45) is -0.285. The van der Waals surface area contributed by atoms with Gasteiger partial charge in [0.05, 0.1) is 0 Å². The van der Waals surface area contributed by atoms with Crippen molar-refractivity contribution in [2.24, 2.45) is 0 Å². The Labute approximate surface area is 195 Å². The third-order valence-electron chi connectivity index (χ3n) is 5.70. The molecule has 0 radical (unpaired) electrons. The molecule has 10 heteroatoms. The van der Waals surface area contributed by atoms with E-state index in [2.05, 4.69) is 10.6 Å². The topological polar surface area (TPSA) is 131 Å². The molecule has 1 spiro atoms. The number of amides is 4. The Morgan fingerprint density at radius 1 is 1.12 bits per heavy atom. The minimum atomic E-state index is -1.52. The molecule has 0 bridgehead atoms. The Morgan fingerprint density at radius 3 is 2.62 bits per heavy atom. The van der Waals surface area contributed by atoms with Gasteiger partial charge < -0.3 is 20.1 Å². The summed E-state index contributed by atoms with van der Waals surface area (Å²) in [5, 5.41) is 5.33. The molecule has 1 fully saturated rings. The van der Waals surface area contributed by atoms with Crippen LogP contribution < -0.4 is 10.6 Å². The Balaban J connectivity index is 1.41. The summed E-state index contributed by atoms with van der Waals surface area (Å²) in [6.45, 7) is 1.11. The van der Waals surface area contributed by atoms with Gasteiger partial charge in [-0.05, 0) is 31.0 Å². The molecule has 2 aromatic carbocycles. The number of esters is 1. The minimum absolute atomic E-state index is 0.218. The predicted molar refractivity (Wildman–Crippen MR) is 119 cm³/mol. The highest BCUT2D eigenvalue weighted by Gasteiger charge is 2.58. The van der Waals surface area contributed by atoms with Gasteiger partial charge in [-0.25, -0.2) is 14.5 Å². The summed E-state index contributed by atoms with van der Waals surface area (Å²) in [4.78, 5) is 62.5. The monoisotopic (exact) mass is 465 g/mol. The van der Waals surface area contributed by atoms with Gasteiger partial charge in [0.1, 0.15) is 6.54 Å². The molecular formula is C24H23N3O7. The zero-order valence-corrected chi connectivity index (χ0v) is 18.5. The molecule has 1 saturated heterocycles. The first-order valence-corrected chi connectivity index (χ1v) is 10.8. The van der Waals surface area contributed by atoms with E-state index in [9.17, 15) is 24.0 Å². The van der Waals surface area contributed by atoms with Gasteiger partial charge >= 0.3 is 18.1 Å². The van der Waals surface area contributed by atoms with Crippen molar-refractivity contribution in [2.45, 2.75) is 25.4 Å². The standard InChI is InChI=1S/C24H23N3O7/c1-2-25-22(31)26-17-8-9-18-16(12-17)10-11-24(18)21(30)27(23(32)34-24)13-20(29)33-14-19(28)15-6-4-3-5-7-15/h3-9,12H,2,10-11,13-14H2,1H3,(H2,25,26,31)/t24-/m1/s1. The van der Waals surface area contributed by atoms with Gasteiger partial charge in [0.15, 0.2) is 12.4 Å². The maximum atomic E-state index is 13.2. The molecule has 2 N–H and O–H groups in total. The van der Waals surface area contributed by atoms with Crippen LogP contribution in [0.2, 0.25) is 0 Å². The second kappa shape index (κ2) is 9.34.